The lowest BCUT2D eigenvalue weighted by atomic mass is 9.82. The van der Waals surface area contributed by atoms with Crippen LogP contribution in [0.2, 0.25) is 0 Å². The van der Waals surface area contributed by atoms with E-state index in [0.717, 1.165) is 31.5 Å². The summed E-state index contributed by atoms with van der Waals surface area (Å²) in [5.74, 6) is 2.50. The van der Waals surface area contributed by atoms with Gasteiger partial charge in [-0.2, -0.15) is 0 Å². The summed E-state index contributed by atoms with van der Waals surface area (Å²) < 4.78 is 0. The van der Waals surface area contributed by atoms with Crippen LogP contribution < -0.4 is 5.32 Å². The lowest BCUT2D eigenvalue weighted by Gasteiger charge is -2.30. The molecule has 2 aliphatic rings. The zero-order chi connectivity index (χ0) is 13.1. The molecule has 1 amide bonds. The summed E-state index contributed by atoms with van der Waals surface area (Å²) in [6.45, 7) is 8.45. The Kier molecular flexibility index (Phi) is 4.66. The Bertz CT molecular complexity index is 290. The van der Waals surface area contributed by atoms with Crippen LogP contribution in [0.25, 0.3) is 0 Å². The number of nitrogens with zero attached hydrogens (tertiary/aromatic N) is 1. The summed E-state index contributed by atoms with van der Waals surface area (Å²) in [6, 6.07) is 0.0750. The van der Waals surface area contributed by atoms with Crippen LogP contribution in [0.3, 0.4) is 0 Å². The smallest absolute Gasteiger partial charge is 0.240 e. The number of nitrogens with one attached hydrogen (secondary N) is 1. The van der Waals surface area contributed by atoms with Gasteiger partial charge in [0.15, 0.2) is 0 Å². The van der Waals surface area contributed by atoms with Crippen LogP contribution in [0.1, 0.15) is 52.9 Å². The minimum atomic E-state index is 0.0750. The highest BCUT2D eigenvalue weighted by molar-refractivity contribution is 5.83. The molecule has 2 rings (SSSR count). The van der Waals surface area contributed by atoms with Crippen molar-refractivity contribution in [3.05, 3.63) is 0 Å². The third-order valence-corrected chi connectivity index (χ3v) is 4.37. The Morgan fingerprint density at radius 3 is 2.83 bits per heavy atom. The number of carbonyl (C=O) groups is 1. The molecule has 3 unspecified atom stereocenters. The Balaban J connectivity index is 1.82. The third-order valence-electron chi connectivity index (χ3n) is 4.37. The van der Waals surface area contributed by atoms with Gasteiger partial charge in [0.1, 0.15) is 0 Å². The minimum Gasteiger partial charge on any atom is -0.328 e. The van der Waals surface area contributed by atoms with E-state index in [4.69, 9.17) is 0 Å². The van der Waals surface area contributed by atoms with Crippen molar-refractivity contribution < 1.29 is 4.79 Å². The first-order chi connectivity index (χ1) is 8.56. The van der Waals surface area contributed by atoms with Gasteiger partial charge in [0.25, 0.3) is 0 Å². The van der Waals surface area contributed by atoms with Crippen LogP contribution in [0.15, 0.2) is 0 Å². The van der Waals surface area contributed by atoms with E-state index < -0.39 is 0 Å². The Hall–Kier alpha value is -0.570. The molecule has 0 aromatic rings. The molecule has 0 bridgehead atoms. The molecular formula is C15H28N2O. The summed E-state index contributed by atoms with van der Waals surface area (Å²) in [5, 5.41) is 3.36. The van der Waals surface area contributed by atoms with Crippen LogP contribution in [0, 0.1) is 17.8 Å². The molecule has 2 fully saturated rings. The van der Waals surface area contributed by atoms with E-state index in [1.807, 2.05) is 0 Å². The molecule has 0 aromatic carbocycles. The maximum Gasteiger partial charge on any atom is 0.240 e. The largest absolute Gasteiger partial charge is 0.328 e. The van der Waals surface area contributed by atoms with Crippen molar-refractivity contribution in [3.8, 4) is 0 Å². The molecule has 0 aromatic heterocycles. The van der Waals surface area contributed by atoms with Gasteiger partial charge in [-0.1, -0.05) is 33.6 Å². The second-order valence-electron chi connectivity index (χ2n) is 6.74. The zero-order valence-electron chi connectivity index (χ0n) is 12.1. The maximum absolute atomic E-state index is 12.3. The molecule has 1 N–H and O–H groups in total. The Morgan fingerprint density at radius 1 is 1.39 bits per heavy atom. The van der Waals surface area contributed by atoms with E-state index in [-0.39, 0.29) is 6.04 Å². The SMILES string of the molecule is CC(C)CC1NCN(CC2CCCC(C)C2)C1=O. The molecule has 1 aliphatic heterocycles. The highest BCUT2D eigenvalue weighted by atomic mass is 16.2. The predicted octanol–water partition coefficient (Wildman–Crippen LogP) is 2.62. The van der Waals surface area contributed by atoms with E-state index in [1.165, 1.54) is 25.7 Å². The van der Waals surface area contributed by atoms with Gasteiger partial charge < -0.3 is 4.90 Å². The molecule has 104 valence electrons. The quantitative estimate of drug-likeness (QED) is 0.834. The molecule has 1 aliphatic carbocycles. The van der Waals surface area contributed by atoms with E-state index in [1.54, 1.807) is 0 Å². The molecule has 18 heavy (non-hydrogen) atoms. The molecular weight excluding hydrogens is 224 g/mol. The average Bonchev–Trinajstić information content (AvgIpc) is 2.61. The molecule has 1 saturated heterocycles. The van der Waals surface area contributed by atoms with Gasteiger partial charge in [0, 0.05) is 6.54 Å². The highest BCUT2D eigenvalue weighted by Gasteiger charge is 2.33. The fraction of sp³-hybridized carbons (Fsp3) is 0.933. The summed E-state index contributed by atoms with van der Waals surface area (Å²) in [5.41, 5.74) is 0. The van der Waals surface area contributed by atoms with Crippen LogP contribution in [0.4, 0.5) is 0 Å². The molecule has 3 atom stereocenters. The van der Waals surface area contributed by atoms with Crippen LogP contribution >= 0.6 is 0 Å². The number of rotatable bonds is 4. The van der Waals surface area contributed by atoms with E-state index >= 15 is 0 Å². The highest BCUT2D eigenvalue weighted by Crippen LogP contribution is 2.29. The fourth-order valence-corrected chi connectivity index (χ4v) is 3.45. The van der Waals surface area contributed by atoms with Crippen molar-refractivity contribution >= 4 is 5.91 Å². The first kappa shape index (κ1) is 13.9. The molecule has 3 nitrogen and oxygen atoms in total. The van der Waals surface area contributed by atoms with E-state index in [0.29, 0.717) is 11.8 Å². The molecule has 1 heterocycles. The first-order valence-electron chi connectivity index (χ1n) is 7.58. The third kappa shape index (κ3) is 3.47. The first-order valence-corrected chi connectivity index (χ1v) is 7.58. The van der Waals surface area contributed by atoms with Crippen molar-refractivity contribution in [1.82, 2.24) is 10.2 Å². The van der Waals surface area contributed by atoms with Gasteiger partial charge in [0.2, 0.25) is 5.91 Å². The number of amides is 1. The van der Waals surface area contributed by atoms with E-state index in [2.05, 4.69) is 31.0 Å². The second kappa shape index (κ2) is 6.05. The molecule has 0 spiro atoms. The average molecular weight is 252 g/mol. The van der Waals surface area contributed by atoms with Gasteiger partial charge in [-0.15, -0.1) is 0 Å². The summed E-state index contributed by atoms with van der Waals surface area (Å²) in [6.07, 6.45) is 6.30. The lowest BCUT2D eigenvalue weighted by Crippen LogP contribution is -2.35. The van der Waals surface area contributed by atoms with Crippen LogP contribution in [-0.2, 0) is 4.79 Å². The predicted molar refractivity (Wildman–Crippen MR) is 74.1 cm³/mol. The van der Waals surface area contributed by atoms with Crippen LogP contribution in [0.5, 0.6) is 0 Å². The molecule has 1 saturated carbocycles. The normalized spacial score (nSPS) is 33.4. The van der Waals surface area contributed by atoms with Crippen molar-refractivity contribution in [1.29, 1.82) is 0 Å². The summed E-state index contributed by atoms with van der Waals surface area (Å²) in [7, 11) is 0. The topological polar surface area (TPSA) is 32.3 Å². The van der Waals surface area contributed by atoms with Gasteiger partial charge in [-0.3, -0.25) is 10.1 Å². The molecule has 0 radical (unpaired) electrons. The fourth-order valence-electron chi connectivity index (χ4n) is 3.45. The van der Waals surface area contributed by atoms with Crippen molar-refractivity contribution in [2.45, 2.75) is 58.9 Å². The van der Waals surface area contributed by atoms with Gasteiger partial charge >= 0.3 is 0 Å². The van der Waals surface area contributed by atoms with Crippen molar-refractivity contribution in [3.63, 3.8) is 0 Å². The van der Waals surface area contributed by atoms with Crippen molar-refractivity contribution in [2.75, 3.05) is 13.2 Å². The number of hydrogen-bond acceptors (Lipinski definition) is 2. The van der Waals surface area contributed by atoms with E-state index in [9.17, 15) is 4.79 Å². The van der Waals surface area contributed by atoms with Crippen molar-refractivity contribution in [2.24, 2.45) is 17.8 Å². The minimum absolute atomic E-state index is 0.0750. The zero-order valence-corrected chi connectivity index (χ0v) is 12.1. The summed E-state index contributed by atoms with van der Waals surface area (Å²) >= 11 is 0. The maximum atomic E-state index is 12.3. The van der Waals surface area contributed by atoms with Gasteiger partial charge in [-0.25, -0.2) is 0 Å². The number of hydrogen-bond donors (Lipinski definition) is 1. The Morgan fingerprint density at radius 2 is 2.17 bits per heavy atom. The van der Waals surface area contributed by atoms with Gasteiger partial charge in [0.05, 0.1) is 12.7 Å². The lowest BCUT2D eigenvalue weighted by molar-refractivity contribution is -0.129. The Labute approximate surface area is 111 Å². The van der Waals surface area contributed by atoms with Gasteiger partial charge in [-0.05, 0) is 37.0 Å². The second-order valence-corrected chi connectivity index (χ2v) is 6.74. The van der Waals surface area contributed by atoms with Crippen LogP contribution in [-0.4, -0.2) is 30.1 Å². The number of carbonyl (C=O) groups excluding carboxylic acids is 1. The molecule has 3 heteroatoms. The summed E-state index contributed by atoms with van der Waals surface area (Å²) in [4.78, 5) is 14.3. The monoisotopic (exact) mass is 252 g/mol. The standard InChI is InChI=1S/C15H28N2O/c1-11(2)7-14-15(18)17(10-16-14)9-13-6-4-5-12(3)8-13/h11-14,16H,4-10H2,1-3H3.